The highest BCUT2D eigenvalue weighted by Crippen LogP contribution is 2.44. The van der Waals surface area contributed by atoms with Crippen molar-refractivity contribution in [3.05, 3.63) is 63.7 Å². The molecule has 2 heterocycles. The van der Waals surface area contributed by atoms with Crippen molar-refractivity contribution in [1.29, 1.82) is 0 Å². The van der Waals surface area contributed by atoms with Gasteiger partial charge in [-0.3, -0.25) is 14.8 Å². The van der Waals surface area contributed by atoms with Crippen LogP contribution in [0.25, 0.3) is 0 Å². The molecule has 1 N–H and O–H groups in total. The van der Waals surface area contributed by atoms with Crippen LogP contribution in [0.1, 0.15) is 25.3 Å². The first kappa shape index (κ1) is 26.6. The van der Waals surface area contributed by atoms with E-state index in [1.165, 1.54) is 7.11 Å². The van der Waals surface area contributed by atoms with E-state index in [1.54, 1.807) is 50.6 Å². The number of halogens is 2. The molecule has 3 rings (SSSR count). The van der Waals surface area contributed by atoms with Crippen LogP contribution >= 0.6 is 23.2 Å². The predicted molar refractivity (Wildman–Crippen MR) is 133 cm³/mol. The molecule has 9 nitrogen and oxygen atoms in total. The standard InChI is InChI=1S/C24H26Cl2N4O5/c1-4-35-24(32)21-17(13-34-11-10-29-18-12-27-8-9-28-18)30-14(2)19(23(31)33-3)20(21)15-6-5-7-16(25)22(15)26/h5-9,12,19-20H,4,10-11,13H2,1-3H3,(H,28,29). The Balaban J connectivity index is 1.94. The highest BCUT2D eigenvalue weighted by atomic mass is 35.5. The average Bonchev–Trinajstić information content (AvgIpc) is 2.85. The van der Waals surface area contributed by atoms with Gasteiger partial charge in [0.05, 0.1) is 54.4 Å². The second-order valence-corrected chi connectivity index (χ2v) is 8.31. The fraction of sp³-hybridized carbons (Fsp3) is 0.375. The summed E-state index contributed by atoms with van der Waals surface area (Å²) in [6, 6.07) is 5.05. The number of hydrogen-bond donors (Lipinski definition) is 1. The van der Waals surface area contributed by atoms with Gasteiger partial charge in [0.1, 0.15) is 11.7 Å². The number of rotatable bonds is 10. The van der Waals surface area contributed by atoms with Gasteiger partial charge in [-0.15, -0.1) is 0 Å². The summed E-state index contributed by atoms with van der Waals surface area (Å²) < 4.78 is 16.2. The van der Waals surface area contributed by atoms with E-state index in [0.717, 1.165) is 0 Å². The molecule has 35 heavy (non-hydrogen) atoms. The van der Waals surface area contributed by atoms with Crippen molar-refractivity contribution in [3.8, 4) is 0 Å². The minimum Gasteiger partial charge on any atom is -0.468 e. The van der Waals surface area contributed by atoms with E-state index in [0.29, 0.717) is 41.0 Å². The number of esters is 2. The largest absolute Gasteiger partial charge is 0.468 e. The summed E-state index contributed by atoms with van der Waals surface area (Å²) in [5.74, 6) is -2.26. The maximum absolute atomic E-state index is 13.2. The lowest BCUT2D eigenvalue weighted by molar-refractivity contribution is -0.144. The van der Waals surface area contributed by atoms with E-state index < -0.39 is 23.8 Å². The molecule has 0 bridgehead atoms. The topological polar surface area (TPSA) is 112 Å². The Bertz CT molecular complexity index is 1120. The smallest absolute Gasteiger partial charge is 0.336 e. The summed E-state index contributed by atoms with van der Waals surface area (Å²) in [5, 5.41) is 3.62. The van der Waals surface area contributed by atoms with Crippen molar-refractivity contribution >= 4 is 46.7 Å². The van der Waals surface area contributed by atoms with Crippen molar-refractivity contribution in [2.24, 2.45) is 10.9 Å². The first-order valence-electron chi connectivity index (χ1n) is 10.9. The van der Waals surface area contributed by atoms with Crippen molar-refractivity contribution < 1.29 is 23.8 Å². The average molecular weight is 521 g/mol. The molecule has 0 spiro atoms. The lowest BCUT2D eigenvalue weighted by Crippen LogP contribution is -2.37. The second kappa shape index (κ2) is 12.6. The third kappa shape index (κ3) is 6.36. The first-order valence-corrected chi connectivity index (χ1v) is 11.7. The number of benzene rings is 1. The SMILES string of the molecule is CCOC(=O)C1=C(COCCNc2cnccn2)N=C(C)C(C(=O)OC)C1c1cccc(Cl)c1Cl. The normalized spacial score (nSPS) is 17.6. The number of nitrogens with one attached hydrogen (secondary N) is 1. The summed E-state index contributed by atoms with van der Waals surface area (Å²) in [4.78, 5) is 38.7. The van der Waals surface area contributed by atoms with Gasteiger partial charge >= 0.3 is 11.9 Å². The molecule has 0 aliphatic carbocycles. The molecule has 0 fully saturated rings. The van der Waals surface area contributed by atoms with Crippen LogP contribution in [0, 0.1) is 5.92 Å². The Morgan fingerprint density at radius 3 is 2.69 bits per heavy atom. The number of anilines is 1. The highest BCUT2D eigenvalue weighted by Gasteiger charge is 2.44. The molecule has 2 aromatic rings. The molecule has 1 aromatic heterocycles. The number of ether oxygens (including phenoxy) is 3. The Kier molecular flexibility index (Phi) is 9.59. The minimum absolute atomic E-state index is 0.0101. The van der Waals surface area contributed by atoms with Crippen molar-refractivity contribution in [2.75, 3.05) is 38.8 Å². The molecule has 0 saturated carbocycles. The molecular formula is C24H26Cl2N4O5. The van der Waals surface area contributed by atoms with Gasteiger partial charge < -0.3 is 19.5 Å². The molecular weight excluding hydrogens is 495 g/mol. The maximum atomic E-state index is 13.2. The van der Waals surface area contributed by atoms with E-state index in [2.05, 4.69) is 20.3 Å². The van der Waals surface area contributed by atoms with E-state index in [-0.39, 0.29) is 23.8 Å². The van der Waals surface area contributed by atoms with Crippen LogP contribution < -0.4 is 5.32 Å². The number of carbonyl (C=O) groups excluding carboxylic acids is 2. The highest BCUT2D eigenvalue weighted by molar-refractivity contribution is 6.42. The van der Waals surface area contributed by atoms with E-state index in [1.807, 2.05) is 0 Å². The molecule has 11 heteroatoms. The summed E-state index contributed by atoms with van der Waals surface area (Å²) in [7, 11) is 1.28. The van der Waals surface area contributed by atoms with E-state index >= 15 is 0 Å². The zero-order chi connectivity index (χ0) is 25.4. The van der Waals surface area contributed by atoms with Crippen LogP contribution in [-0.4, -0.2) is 61.1 Å². The lowest BCUT2D eigenvalue weighted by Gasteiger charge is -2.32. The van der Waals surface area contributed by atoms with Crippen LogP contribution in [-0.2, 0) is 23.8 Å². The Morgan fingerprint density at radius 2 is 2.00 bits per heavy atom. The number of carbonyl (C=O) groups is 2. The van der Waals surface area contributed by atoms with Gasteiger partial charge in [0, 0.05) is 30.6 Å². The first-order chi connectivity index (χ1) is 16.9. The molecule has 0 amide bonds. The molecule has 0 saturated heterocycles. The second-order valence-electron chi connectivity index (χ2n) is 7.53. The van der Waals surface area contributed by atoms with Crippen LogP contribution in [0.2, 0.25) is 10.0 Å². The molecule has 1 aliphatic heterocycles. The number of aliphatic imine (C=N–C) groups is 1. The molecule has 2 atom stereocenters. The zero-order valence-electron chi connectivity index (χ0n) is 19.6. The summed E-state index contributed by atoms with van der Waals surface area (Å²) >= 11 is 12.8. The van der Waals surface area contributed by atoms with Crippen molar-refractivity contribution in [3.63, 3.8) is 0 Å². The predicted octanol–water partition coefficient (Wildman–Crippen LogP) is 4.08. The Labute approximate surface area is 213 Å². The van der Waals surface area contributed by atoms with E-state index in [9.17, 15) is 9.59 Å². The van der Waals surface area contributed by atoms with Crippen LogP contribution in [0.3, 0.4) is 0 Å². The fourth-order valence-electron chi connectivity index (χ4n) is 3.83. The fourth-order valence-corrected chi connectivity index (χ4v) is 4.26. The summed E-state index contributed by atoms with van der Waals surface area (Å²) in [6.45, 7) is 4.30. The van der Waals surface area contributed by atoms with Gasteiger partial charge in [-0.1, -0.05) is 35.3 Å². The van der Waals surface area contributed by atoms with Gasteiger partial charge in [0.15, 0.2) is 0 Å². The summed E-state index contributed by atoms with van der Waals surface area (Å²) in [5.41, 5.74) is 1.48. The third-order valence-corrected chi connectivity index (χ3v) is 6.17. The Morgan fingerprint density at radius 1 is 1.20 bits per heavy atom. The number of nitrogens with zero attached hydrogens (tertiary/aromatic N) is 3. The summed E-state index contributed by atoms with van der Waals surface area (Å²) in [6.07, 6.45) is 4.76. The van der Waals surface area contributed by atoms with E-state index in [4.69, 9.17) is 37.4 Å². The molecule has 2 unspecified atom stereocenters. The Hall–Kier alpha value is -3.01. The van der Waals surface area contributed by atoms with Crippen LogP contribution in [0.15, 0.2) is 53.1 Å². The van der Waals surface area contributed by atoms with Gasteiger partial charge in [-0.2, -0.15) is 0 Å². The lowest BCUT2D eigenvalue weighted by atomic mass is 9.75. The number of aromatic nitrogens is 2. The molecule has 186 valence electrons. The monoisotopic (exact) mass is 520 g/mol. The van der Waals surface area contributed by atoms with Gasteiger partial charge in [0.25, 0.3) is 0 Å². The maximum Gasteiger partial charge on any atom is 0.336 e. The zero-order valence-corrected chi connectivity index (χ0v) is 21.1. The molecule has 0 radical (unpaired) electrons. The van der Waals surface area contributed by atoms with Gasteiger partial charge in [-0.25, -0.2) is 9.78 Å². The quantitative estimate of drug-likeness (QED) is 0.368. The molecule has 1 aliphatic rings. The van der Waals surface area contributed by atoms with Gasteiger partial charge in [0.2, 0.25) is 0 Å². The van der Waals surface area contributed by atoms with Crippen molar-refractivity contribution in [1.82, 2.24) is 9.97 Å². The van der Waals surface area contributed by atoms with Gasteiger partial charge in [-0.05, 0) is 25.5 Å². The molecule has 1 aromatic carbocycles. The van der Waals surface area contributed by atoms with Crippen LogP contribution in [0.4, 0.5) is 5.82 Å². The van der Waals surface area contributed by atoms with Crippen LogP contribution in [0.5, 0.6) is 0 Å². The third-order valence-electron chi connectivity index (χ3n) is 5.34. The van der Waals surface area contributed by atoms with Crippen molar-refractivity contribution in [2.45, 2.75) is 19.8 Å². The minimum atomic E-state index is -0.891. The number of methoxy groups -OCH3 is 1. The number of hydrogen-bond acceptors (Lipinski definition) is 9.